The molecule has 1 aromatic rings. The van der Waals surface area contributed by atoms with Gasteiger partial charge in [-0.15, -0.1) is 0 Å². The quantitative estimate of drug-likeness (QED) is 0.794. The molecule has 1 saturated heterocycles. The number of amides is 1. The first-order chi connectivity index (χ1) is 10.2. The number of anilines is 1. The van der Waals surface area contributed by atoms with E-state index in [1.807, 2.05) is 12.1 Å². The summed E-state index contributed by atoms with van der Waals surface area (Å²) < 4.78 is 0. The minimum absolute atomic E-state index is 0.0669. The van der Waals surface area contributed by atoms with Gasteiger partial charge in [-0.2, -0.15) is 0 Å². The van der Waals surface area contributed by atoms with Crippen molar-refractivity contribution in [1.82, 2.24) is 10.6 Å². The average molecular weight is 310 g/mol. The molecule has 4 nitrogen and oxygen atoms in total. The fourth-order valence-electron chi connectivity index (χ4n) is 2.80. The van der Waals surface area contributed by atoms with Gasteiger partial charge in [0, 0.05) is 20.1 Å². The molecule has 0 radical (unpaired) electrons. The van der Waals surface area contributed by atoms with Gasteiger partial charge in [0.05, 0.1) is 10.7 Å². The van der Waals surface area contributed by atoms with Crippen LogP contribution in [0.15, 0.2) is 18.2 Å². The number of nitrogens with one attached hydrogen (secondary N) is 2. The number of likely N-dealkylation sites (N-methyl/N-ethyl adjacent to an activating group) is 1. The monoisotopic (exact) mass is 309 g/mol. The zero-order chi connectivity index (χ0) is 15.2. The van der Waals surface area contributed by atoms with E-state index in [-0.39, 0.29) is 11.9 Å². The third-order valence-corrected chi connectivity index (χ3v) is 4.18. The molecule has 1 fully saturated rings. The molecule has 0 spiro atoms. The molecule has 0 saturated carbocycles. The van der Waals surface area contributed by atoms with Crippen molar-refractivity contribution in [2.45, 2.75) is 38.8 Å². The van der Waals surface area contributed by atoms with Crippen molar-refractivity contribution in [3.05, 3.63) is 28.8 Å². The predicted molar refractivity (Wildman–Crippen MR) is 87.9 cm³/mol. The summed E-state index contributed by atoms with van der Waals surface area (Å²) in [5.74, 6) is 0.0669. The number of carbonyl (C=O) groups is 1. The summed E-state index contributed by atoms with van der Waals surface area (Å²) in [5.41, 5.74) is 2.13. The third kappa shape index (κ3) is 3.89. The third-order valence-electron chi connectivity index (χ3n) is 3.88. The molecule has 0 aromatic heterocycles. The molecule has 1 atom stereocenters. The molecule has 0 aliphatic carbocycles. The second kappa shape index (κ2) is 7.66. The van der Waals surface area contributed by atoms with Crippen molar-refractivity contribution in [2.24, 2.45) is 0 Å². The molecule has 21 heavy (non-hydrogen) atoms. The molecule has 116 valence electrons. The van der Waals surface area contributed by atoms with E-state index in [4.69, 9.17) is 11.6 Å². The van der Waals surface area contributed by atoms with Gasteiger partial charge in [-0.05, 0) is 43.5 Å². The fourth-order valence-corrected chi connectivity index (χ4v) is 3.11. The van der Waals surface area contributed by atoms with Gasteiger partial charge in [0.25, 0.3) is 0 Å². The Balaban J connectivity index is 2.11. The van der Waals surface area contributed by atoms with Crippen molar-refractivity contribution in [3.8, 4) is 0 Å². The highest BCUT2D eigenvalue weighted by Crippen LogP contribution is 2.32. The molecule has 5 heteroatoms. The van der Waals surface area contributed by atoms with Gasteiger partial charge in [-0.25, -0.2) is 0 Å². The maximum Gasteiger partial charge on any atom is 0.242 e. The highest BCUT2D eigenvalue weighted by Gasteiger charge is 2.31. The van der Waals surface area contributed by atoms with Crippen LogP contribution in [-0.2, 0) is 11.3 Å². The molecule has 0 bridgehead atoms. The summed E-state index contributed by atoms with van der Waals surface area (Å²) in [6.45, 7) is 4.86. The summed E-state index contributed by atoms with van der Waals surface area (Å²) in [6.07, 6.45) is 3.03. The molecule has 1 aliphatic heterocycles. The summed E-state index contributed by atoms with van der Waals surface area (Å²) in [7, 11) is 1.68. The standard InChI is InChI=1S/C16H24ClN3O/c1-3-8-19-11-12-6-7-14(13(17)10-12)20-9-4-5-15(20)16(21)18-2/h6-7,10,15,19H,3-5,8-9,11H2,1-2H3,(H,18,21). The largest absolute Gasteiger partial charge is 0.358 e. The number of benzene rings is 1. The topological polar surface area (TPSA) is 44.4 Å². The lowest BCUT2D eigenvalue weighted by atomic mass is 10.1. The molecule has 2 rings (SSSR count). The minimum Gasteiger partial charge on any atom is -0.358 e. The maximum atomic E-state index is 11.9. The second-order valence-corrected chi connectivity index (χ2v) is 5.84. The van der Waals surface area contributed by atoms with E-state index in [0.29, 0.717) is 0 Å². The fraction of sp³-hybridized carbons (Fsp3) is 0.562. The van der Waals surface area contributed by atoms with Crippen molar-refractivity contribution in [3.63, 3.8) is 0 Å². The van der Waals surface area contributed by atoms with Gasteiger partial charge in [-0.1, -0.05) is 24.6 Å². The molecule has 1 heterocycles. The van der Waals surface area contributed by atoms with Gasteiger partial charge in [0.2, 0.25) is 5.91 Å². The lowest BCUT2D eigenvalue weighted by molar-refractivity contribution is -0.121. The summed E-state index contributed by atoms with van der Waals surface area (Å²) >= 11 is 6.43. The minimum atomic E-state index is -0.100. The Labute approximate surface area is 131 Å². The first kappa shape index (κ1) is 16.1. The van der Waals surface area contributed by atoms with Crippen molar-refractivity contribution >= 4 is 23.2 Å². The normalized spacial score (nSPS) is 18.0. The van der Waals surface area contributed by atoms with Crippen LogP contribution in [0.2, 0.25) is 5.02 Å². The summed E-state index contributed by atoms with van der Waals surface area (Å²) in [6, 6.07) is 6.02. The lowest BCUT2D eigenvalue weighted by Crippen LogP contribution is -2.42. The van der Waals surface area contributed by atoms with E-state index in [9.17, 15) is 4.79 Å². The molecule has 1 unspecified atom stereocenters. The van der Waals surface area contributed by atoms with E-state index >= 15 is 0 Å². The molecule has 1 aliphatic rings. The Hall–Kier alpha value is -1.26. The van der Waals surface area contributed by atoms with Crippen LogP contribution in [0.5, 0.6) is 0 Å². The van der Waals surface area contributed by atoms with Gasteiger partial charge in [-0.3, -0.25) is 4.79 Å². The van der Waals surface area contributed by atoms with Crippen LogP contribution in [0.25, 0.3) is 0 Å². The number of halogens is 1. The Morgan fingerprint density at radius 2 is 2.29 bits per heavy atom. The molecular formula is C16H24ClN3O. The highest BCUT2D eigenvalue weighted by molar-refractivity contribution is 6.33. The van der Waals surface area contributed by atoms with Crippen LogP contribution in [0.4, 0.5) is 5.69 Å². The number of carbonyl (C=O) groups excluding carboxylic acids is 1. The van der Waals surface area contributed by atoms with Crippen LogP contribution >= 0.6 is 11.6 Å². The SMILES string of the molecule is CCCNCc1ccc(N2CCCC2C(=O)NC)c(Cl)c1. The van der Waals surface area contributed by atoms with Gasteiger partial charge in [0.15, 0.2) is 0 Å². The van der Waals surface area contributed by atoms with Gasteiger partial charge in [0.1, 0.15) is 6.04 Å². The average Bonchev–Trinajstić information content (AvgIpc) is 2.96. The number of nitrogens with zero attached hydrogens (tertiary/aromatic N) is 1. The molecular weight excluding hydrogens is 286 g/mol. The smallest absolute Gasteiger partial charge is 0.242 e. The van der Waals surface area contributed by atoms with E-state index in [0.717, 1.165) is 49.6 Å². The van der Waals surface area contributed by atoms with Crippen LogP contribution in [0, 0.1) is 0 Å². The van der Waals surface area contributed by atoms with Gasteiger partial charge < -0.3 is 15.5 Å². The van der Waals surface area contributed by atoms with Crippen molar-refractivity contribution in [2.75, 3.05) is 25.0 Å². The van der Waals surface area contributed by atoms with E-state index in [2.05, 4.69) is 28.5 Å². The predicted octanol–water partition coefficient (Wildman–Crippen LogP) is 2.55. The van der Waals surface area contributed by atoms with Gasteiger partial charge >= 0.3 is 0 Å². The molecule has 1 aromatic carbocycles. The maximum absolute atomic E-state index is 11.9. The Bertz CT molecular complexity index is 492. The second-order valence-electron chi connectivity index (χ2n) is 5.43. The lowest BCUT2D eigenvalue weighted by Gasteiger charge is -2.26. The molecule has 2 N–H and O–H groups in total. The van der Waals surface area contributed by atoms with E-state index in [1.165, 1.54) is 5.56 Å². The zero-order valence-corrected chi connectivity index (χ0v) is 13.5. The number of rotatable bonds is 6. The number of hydrogen-bond acceptors (Lipinski definition) is 3. The Kier molecular flexibility index (Phi) is 5.88. The zero-order valence-electron chi connectivity index (χ0n) is 12.8. The van der Waals surface area contributed by atoms with E-state index in [1.54, 1.807) is 7.05 Å². The van der Waals surface area contributed by atoms with Crippen LogP contribution < -0.4 is 15.5 Å². The highest BCUT2D eigenvalue weighted by atomic mass is 35.5. The van der Waals surface area contributed by atoms with Crippen LogP contribution in [0.3, 0.4) is 0 Å². The van der Waals surface area contributed by atoms with Crippen molar-refractivity contribution < 1.29 is 4.79 Å². The van der Waals surface area contributed by atoms with Crippen molar-refractivity contribution in [1.29, 1.82) is 0 Å². The number of hydrogen-bond donors (Lipinski definition) is 2. The summed E-state index contributed by atoms with van der Waals surface area (Å²) in [5, 5.41) is 6.83. The summed E-state index contributed by atoms with van der Waals surface area (Å²) in [4.78, 5) is 14.1. The first-order valence-corrected chi connectivity index (χ1v) is 8.02. The Morgan fingerprint density at radius 3 is 2.95 bits per heavy atom. The van der Waals surface area contributed by atoms with Crippen LogP contribution in [-0.4, -0.2) is 32.1 Å². The first-order valence-electron chi connectivity index (χ1n) is 7.64. The van der Waals surface area contributed by atoms with E-state index < -0.39 is 0 Å². The Morgan fingerprint density at radius 1 is 1.48 bits per heavy atom. The molecule has 1 amide bonds. The van der Waals surface area contributed by atoms with Crippen LogP contribution in [0.1, 0.15) is 31.7 Å².